The Hall–Kier alpha value is -1.33. The van der Waals surface area contributed by atoms with E-state index in [0.29, 0.717) is 18.2 Å². The zero-order chi connectivity index (χ0) is 13.2. The van der Waals surface area contributed by atoms with E-state index in [9.17, 15) is 4.39 Å². The first-order valence-electron chi connectivity index (χ1n) is 6.39. The third-order valence-corrected chi connectivity index (χ3v) is 3.62. The quantitative estimate of drug-likeness (QED) is 0.649. The summed E-state index contributed by atoms with van der Waals surface area (Å²) in [5, 5.41) is 3.18. The minimum Gasteiger partial charge on any atom is -0.330 e. The SMILES string of the molecule is Fc1cc(C2CN2)ccc1Cn1cncc1CCS. The molecule has 5 heteroatoms. The van der Waals surface area contributed by atoms with Crippen LogP contribution in [-0.4, -0.2) is 21.8 Å². The second-order valence-corrected chi connectivity index (χ2v) is 5.25. The second kappa shape index (κ2) is 5.35. The first kappa shape index (κ1) is 12.7. The Labute approximate surface area is 117 Å². The van der Waals surface area contributed by atoms with E-state index in [-0.39, 0.29) is 5.82 Å². The third kappa shape index (κ3) is 2.82. The monoisotopic (exact) mass is 277 g/mol. The molecule has 0 radical (unpaired) electrons. The van der Waals surface area contributed by atoms with E-state index in [1.54, 1.807) is 12.4 Å². The van der Waals surface area contributed by atoms with Gasteiger partial charge in [0.2, 0.25) is 0 Å². The fraction of sp³-hybridized carbons (Fsp3) is 0.357. The van der Waals surface area contributed by atoms with Crippen LogP contribution in [0.25, 0.3) is 0 Å². The van der Waals surface area contributed by atoms with Crippen LogP contribution in [0, 0.1) is 5.82 Å². The van der Waals surface area contributed by atoms with Crippen molar-refractivity contribution in [1.29, 1.82) is 0 Å². The van der Waals surface area contributed by atoms with Crippen LogP contribution in [-0.2, 0) is 13.0 Å². The molecule has 1 fully saturated rings. The highest BCUT2D eigenvalue weighted by molar-refractivity contribution is 7.80. The summed E-state index contributed by atoms with van der Waals surface area (Å²) in [5.74, 6) is 0.622. The summed E-state index contributed by atoms with van der Waals surface area (Å²) in [6.07, 6.45) is 4.40. The number of nitrogens with one attached hydrogen (secondary N) is 1. The maximum Gasteiger partial charge on any atom is 0.128 e. The van der Waals surface area contributed by atoms with Crippen LogP contribution in [0.4, 0.5) is 4.39 Å². The molecule has 19 heavy (non-hydrogen) atoms. The number of imidazole rings is 1. The number of halogens is 1. The number of hydrogen-bond donors (Lipinski definition) is 2. The van der Waals surface area contributed by atoms with Crippen LogP contribution in [0.2, 0.25) is 0 Å². The molecule has 1 aliphatic rings. The molecule has 2 heterocycles. The molecule has 0 spiro atoms. The van der Waals surface area contributed by atoms with E-state index in [1.165, 1.54) is 0 Å². The summed E-state index contributed by atoms with van der Waals surface area (Å²) in [6.45, 7) is 1.47. The summed E-state index contributed by atoms with van der Waals surface area (Å²) in [6, 6.07) is 5.85. The van der Waals surface area contributed by atoms with Gasteiger partial charge in [-0.05, 0) is 23.8 Å². The lowest BCUT2D eigenvalue weighted by Gasteiger charge is -2.09. The highest BCUT2D eigenvalue weighted by Gasteiger charge is 2.23. The van der Waals surface area contributed by atoms with E-state index >= 15 is 0 Å². The van der Waals surface area contributed by atoms with Crippen molar-refractivity contribution < 1.29 is 4.39 Å². The van der Waals surface area contributed by atoms with Gasteiger partial charge in [-0.25, -0.2) is 9.37 Å². The van der Waals surface area contributed by atoms with Crippen molar-refractivity contribution in [3.63, 3.8) is 0 Å². The average Bonchev–Trinajstić information content (AvgIpc) is 3.16. The number of aryl methyl sites for hydroxylation is 1. The van der Waals surface area contributed by atoms with Crippen molar-refractivity contribution >= 4 is 12.6 Å². The first-order valence-corrected chi connectivity index (χ1v) is 7.03. The molecule has 3 rings (SSSR count). The Morgan fingerprint density at radius 1 is 1.47 bits per heavy atom. The molecule has 1 atom stereocenters. The smallest absolute Gasteiger partial charge is 0.128 e. The lowest BCUT2D eigenvalue weighted by Crippen LogP contribution is -2.06. The van der Waals surface area contributed by atoms with Gasteiger partial charge in [-0.15, -0.1) is 0 Å². The summed E-state index contributed by atoms with van der Waals surface area (Å²) in [7, 11) is 0. The summed E-state index contributed by atoms with van der Waals surface area (Å²) in [5.41, 5.74) is 2.81. The van der Waals surface area contributed by atoms with Gasteiger partial charge in [0.15, 0.2) is 0 Å². The van der Waals surface area contributed by atoms with Crippen LogP contribution < -0.4 is 5.32 Å². The van der Waals surface area contributed by atoms with Crippen LogP contribution in [0.15, 0.2) is 30.7 Å². The Bertz CT molecular complexity index is 578. The number of rotatable bonds is 5. The first-order chi connectivity index (χ1) is 9.28. The lowest BCUT2D eigenvalue weighted by molar-refractivity contribution is 0.594. The molecule has 0 aliphatic carbocycles. The minimum atomic E-state index is -0.142. The van der Waals surface area contributed by atoms with Crippen molar-refractivity contribution in [3.05, 3.63) is 53.4 Å². The Morgan fingerprint density at radius 2 is 2.32 bits per heavy atom. The molecular weight excluding hydrogens is 261 g/mol. The molecule has 1 N–H and O–H groups in total. The van der Waals surface area contributed by atoms with Crippen LogP contribution in [0.3, 0.4) is 0 Å². The molecule has 1 aromatic heterocycles. The van der Waals surface area contributed by atoms with Gasteiger partial charge in [0, 0.05) is 30.0 Å². The fourth-order valence-electron chi connectivity index (χ4n) is 2.20. The lowest BCUT2D eigenvalue weighted by atomic mass is 10.1. The molecular formula is C14H16FN3S. The minimum absolute atomic E-state index is 0.142. The average molecular weight is 277 g/mol. The van der Waals surface area contributed by atoms with Crippen molar-refractivity contribution in [2.24, 2.45) is 0 Å². The van der Waals surface area contributed by atoms with Crippen molar-refractivity contribution in [3.8, 4) is 0 Å². The van der Waals surface area contributed by atoms with Gasteiger partial charge in [0.05, 0.1) is 12.9 Å². The van der Waals surface area contributed by atoms with Gasteiger partial charge in [-0.3, -0.25) is 0 Å². The molecule has 3 nitrogen and oxygen atoms in total. The number of thiol groups is 1. The van der Waals surface area contributed by atoms with Gasteiger partial charge >= 0.3 is 0 Å². The van der Waals surface area contributed by atoms with E-state index in [2.05, 4.69) is 22.9 Å². The summed E-state index contributed by atoms with van der Waals surface area (Å²) < 4.78 is 16.0. The highest BCUT2D eigenvalue weighted by atomic mass is 32.1. The number of nitrogens with zero attached hydrogens (tertiary/aromatic N) is 2. The van der Waals surface area contributed by atoms with Gasteiger partial charge < -0.3 is 9.88 Å². The van der Waals surface area contributed by atoms with Gasteiger partial charge in [-0.2, -0.15) is 12.6 Å². The van der Waals surface area contributed by atoms with Crippen LogP contribution >= 0.6 is 12.6 Å². The Morgan fingerprint density at radius 3 is 3.00 bits per heavy atom. The van der Waals surface area contributed by atoms with Gasteiger partial charge in [0.25, 0.3) is 0 Å². The maximum atomic E-state index is 14.1. The van der Waals surface area contributed by atoms with E-state index in [0.717, 1.165) is 30.0 Å². The van der Waals surface area contributed by atoms with E-state index in [4.69, 9.17) is 0 Å². The molecule has 1 saturated heterocycles. The zero-order valence-electron chi connectivity index (χ0n) is 10.5. The normalized spacial score (nSPS) is 17.7. The van der Waals surface area contributed by atoms with E-state index < -0.39 is 0 Å². The second-order valence-electron chi connectivity index (χ2n) is 4.80. The van der Waals surface area contributed by atoms with Crippen molar-refractivity contribution in [1.82, 2.24) is 14.9 Å². The molecule has 1 aliphatic heterocycles. The molecule has 0 saturated carbocycles. The third-order valence-electron chi connectivity index (χ3n) is 3.39. The predicted molar refractivity (Wildman–Crippen MR) is 76.0 cm³/mol. The zero-order valence-corrected chi connectivity index (χ0v) is 11.4. The van der Waals surface area contributed by atoms with E-state index in [1.807, 2.05) is 22.9 Å². The molecule has 1 aromatic carbocycles. The molecule has 0 amide bonds. The highest BCUT2D eigenvalue weighted by Crippen LogP contribution is 2.23. The number of hydrogen-bond acceptors (Lipinski definition) is 3. The van der Waals surface area contributed by atoms with Crippen LogP contribution in [0.1, 0.15) is 22.9 Å². The molecule has 0 bridgehead atoms. The predicted octanol–water partition coefficient (Wildman–Crippen LogP) is 2.19. The van der Waals surface area contributed by atoms with Gasteiger partial charge in [0.1, 0.15) is 5.82 Å². The Balaban J connectivity index is 1.80. The number of aromatic nitrogens is 2. The molecule has 2 aromatic rings. The number of benzene rings is 1. The fourth-order valence-corrected chi connectivity index (χ4v) is 2.43. The topological polar surface area (TPSA) is 39.8 Å². The van der Waals surface area contributed by atoms with Crippen LogP contribution in [0.5, 0.6) is 0 Å². The summed E-state index contributed by atoms with van der Waals surface area (Å²) >= 11 is 4.22. The van der Waals surface area contributed by atoms with Crippen molar-refractivity contribution in [2.75, 3.05) is 12.3 Å². The largest absolute Gasteiger partial charge is 0.330 e. The Kier molecular flexibility index (Phi) is 3.57. The van der Waals surface area contributed by atoms with Crippen molar-refractivity contribution in [2.45, 2.75) is 19.0 Å². The summed E-state index contributed by atoms with van der Waals surface area (Å²) in [4.78, 5) is 4.12. The maximum absolute atomic E-state index is 14.1. The standard InChI is InChI=1S/C14H16FN3S/c15-13-5-10(14-7-17-14)1-2-11(13)8-18-9-16-6-12(18)3-4-19/h1-2,5-6,9,14,17,19H,3-4,7-8H2. The molecule has 100 valence electrons. The van der Waals surface area contributed by atoms with Gasteiger partial charge in [-0.1, -0.05) is 12.1 Å². The molecule has 1 unspecified atom stereocenters.